The average molecular weight is 320 g/mol. The second-order valence-electron chi connectivity index (χ2n) is 4.60. The first kappa shape index (κ1) is 12.4. The lowest BCUT2D eigenvalue weighted by Crippen LogP contribution is -2.12. The Morgan fingerprint density at radius 2 is 2.26 bits per heavy atom. The van der Waals surface area contributed by atoms with Crippen LogP contribution < -0.4 is 5.73 Å². The minimum atomic E-state index is -0.186. The van der Waals surface area contributed by atoms with Crippen LogP contribution in [0.4, 0.5) is 0 Å². The first-order valence-electron chi connectivity index (χ1n) is 6.05. The second-order valence-corrected chi connectivity index (χ2v) is 5.45. The van der Waals surface area contributed by atoms with E-state index in [4.69, 9.17) is 10.2 Å². The number of furan rings is 1. The zero-order valence-corrected chi connectivity index (χ0v) is 12.1. The van der Waals surface area contributed by atoms with Crippen molar-refractivity contribution in [2.45, 2.75) is 12.5 Å². The van der Waals surface area contributed by atoms with Crippen molar-refractivity contribution < 1.29 is 4.42 Å². The van der Waals surface area contributed by atoms with Crippen LogP contribution in [0.5, 0.6) is 0 Å². The lowest BCUT2D eigenvalue weighted by molar-refractivity contribution is 0.489. The summed E-state index contributed by atoms with van der Waals surface area (Å²) in [6.07, 6.45) is 2.58. The Morgan fingerprint density at radius 1 is 1.42 bits per heavy atom. The standard InChI is InChI=1S/C14H14BrN3O/c1-18-6-5-10(17-18)8-12(16)13-7-9-3-2-4-11(15)14(9)19-13/h2-7,12H,8,16H2,1H3. The van der Waals surface area contributed by atoms with E-state index in [9.17, 15) is 0 Å². The summed E-state index contributed by atoms with van der Waals surface area (Å²) in [5, 5.41) is 5.39. The van der Waals surface area contributed by atoms with Crippen LogP contribution in [0.25, 0.3) is 11.0 Å². The Kier molecular flexibility index (Phi) is 3.16. The molecule has 0 fully saturated rings. The molecule has 0 aliphatic heterocycles. The minimum absolute atomic E-state index is 0.186. The van der Waals surface area contributed by atoms with Gasteiger partial charge in [0, 0.05) is 25.1 Å². The number of aromatic nitrogens is 2. The molecule has 0 aliphatic carbocycles. The normalized spacial score (nSPS) is 13.0. The third-order valence-electron chi connectivity index (χ3n) is 3.08. The van der Waals surface area contributed by atoms with Gasteiger partial charge >= 0.3 is 0 Å². The van der Waals surface area contributed by atoms with Gasteiger partial charge in [0.1, 0.15) is 11.3 Å². The number of halogens is 1. The Bertz CT molecular complexity index is 716. The number of para-hydroxylation sites is 1. The molecule has 0 spiro atoms. The van der Waals surface area contributed by atoms with Crippen LogP contribution in [-0.2, 0) is 13.5 Å². The first-order chi connectivity index (χ1) is 9.13. The Balaban J connectivity index is 1.89. The fraction of sp³-hybridized carbons (Fsp3) is 0.214. The molecular weight excluding hydrogens is 306 g/mol. The van der Waals surface area contributed by atoms with Crippen molar-refractivity contribution in [2.24, 2.45) is 12.8 Å². The molecule has 5 heteroatoms. The van der Waals surface area contributed by atoms with Gasteiger partial charge in [-0.3, -0.25) is 4.68 Å². The van der Waals surface area contributed by atoms with E-state index < -0.39 is 0 Å². The van der Waals surface area contributed by atoms with Crippen molar-refractivity contribution in [3.05, 3.63) is 52.5 Å². The fourth-order valence-electron chi connectivity index (χ4n) is 2.13. The summed E-state index contributed by atoms with van der Waals surface area (Å²) < 4.78 is 8.55. The number of aryl methyl sites for hydroxylation is 1. The molecule has 0 bridgehead atoms. The molecule has 0 radical (unpaired) electrons. The van der Waals surface area contributed by atoms with Gasteiger partial charge in [0.15, 0.2) is 0 Å². The number of rotatable bonds is 3. The predicted molar refractivity (Wildman–Crippen MR) is 77.8 cm³/mol. The first-order valence-corrected chi connectivity index (χ1v) is 6.85. The van der Waals surface area contributed by atoms with Crippen LogP contribution in [0.3, 0.4) is 0 Å². The van der Waals surface area contributed by atoms with Crippen molar-refractivity contribution in [1.82, 2.24) is 9.78 Å². The summed E-state index contributed by atoms with van der Waals surface area (Å²) in [5.41, 5.74) is 8.00. The van der Waals surface area contributed by atoms with Crippen molar-refractivity contribution >= 4 is 26.9 Å². The zero-order valence-electron chi connectivity index (χ0n) is 10.5. The number of nitrogens with zero attached hydrogens (tertiary/aromatic N) is 2. The van der Waals surface area contributed by atoms with Gasteiger partial charge in [-0.2, -0.15) is 5.10 Å². The SMILES string of the molecule is Cn1ccc(CC(N)c2cc3cccc(Br)c3o2)n1. The van der Waals surface area contributed by atoms with E-state index in [1.807, 2.05) is 43.6 Å². The lowest BCUT2D eigenvalue weighted by Gasteiger charge is -2.05. The maximum Gasteiger partial charge on any atom is 0.148 e. The van der Waals surface area contributed by atoms with Crippen molar-refractivity contribution in [2.75, 3.05) is 0 Å². The molecule has 98 valence electrons. The molecule has 1 atom stereocenters. The molecule has 1 aromatic carbocycles. The molecular formula is C14H14BrN3O. The zero-order chi connectivity index (χ0) is 13.4. The molecule has 2 N–H and O–H groups in total. The fourth-order valence-corrected chi connectivity index (χ4v) is 2.59. The summed E-state index contributed by atoms with van der Waals surface area (Å²) in [5.74, 6) is 0.785. The van der Waals surface area contributed by atoms with Crippen molar-refractivity contribution in [3.8, 4) is 0 Å². The molecule has 0 saturated heterocycles. The van der Waals surface area contributed by atoms with E-state index in [1.165, 1.54) is 0 Å². The second kappa shape index (κ2) is 4.83. The predicted octanol–water partition coefficient (Wildman–Crippen LogP) is 3.17. The van der Waals surface area contributed by atoms with Crippen LogP contribution in [-0.4, -0.2) is 9.78 Å². The lowest BCUT2D eigenvalue weighted by atomic mass is 10.1. The van der Waals surface area contributed by atoms with Crippen LogP contribution in [0.1, 0.15) is 17.5 Å². The van der Waals surface area contributed by atoms with Crippen LogP contribution >= 0.6 is 15.9 Å². The third-order valence-corrected chi connectivity index (χ3v) is 3.70. The van der Waals surface area contributed by atoms with E-state index in [0.29, 0.717) is 6.42 Å². The maximum absolute atomic E-state index is 6.19. The Hall–Kier alpha value is -1.59. The van der Waals surface area contributed by atoms with E-state index in [1.54, 1.807) is 4.68 Å². The molecule has 0 aliphatic rings. The van der Waals surface area contributed by atoms with Crippen molar-refractivity contribution in [3.63, 3.8) is 0 Å². The maximum atomic E-state index is 6.19. The molecule has 0 amide bonds. The molecule has 3 aromatic rings. The molecule has 19 heavy (non-hydrogen) atoms. The van der Waals surface area contributed by atoms with E-state index in [0.717, 1.165) is 26.9 Å². The largest absolute Gasteiger partial charge is 0.458 e. The number of fused-ring (bicyclic) bond motifs is 1. The highest BCUT2D eigenvalue weighted by Gasteiger charge is 2.15. The van der Waals surface area contributed by atoms with Crippen LogP contribution in [0.2, 0.25) is 0 Å². The monoisotopic (exact) mass is 319 g/mol. The van der Waals surface area contributed by atoms with Gasteiger partial charge in [-0.25, -0.2) is 0 Å². The minimum Gasteiger partial charge on any atom is -0.458 e. The summed E-state index contributed by atoms with van der Waals surface area (Å²) in [7, 11) is 1.90. The molecule has 1 unspecified atom stereocenters. The summed E-state index contributed by atoms with van der Waals surface area (Å²) in [6, 6.07) is 9.73. The number of hydrogen-bond acceptors (Lipinski definition) is 3. The van der Waals surface area contributed by atoms with Gasteiger partial charge in [-0.05, 0) is 34.1 Å². The summed E-state index contributed by atoms with van der Waals surface area (Å²) >= 11 is 3.48. The summed E-state index contributed by atoms with van der Waals surface area (Å²) in [6.45, 7) is 0. The Labute approximate surface area is 119 Å². The van der Waals surface area contributed by atoms with Gasteiger partial charge in [0.05, 0.1) is 16.2 Å². The highest BCUT2D eigenvalue weighted by atomic mass is 79.9. The molecule has 2 heterocycles. The molecule has 3 rings (SSSR count). The highest BCUT2D eigenvalue weighted by molar-refractivity contribution is 9.10. The Morgan fingerprint density at radius 3 is 2.95 bits per heavy atom. The van der Waals surface area contributed by atoms with Gasteiger partial charge in [0.2, 0.25) is 0 Å². The number of nitrogens with two attached hydrogens (primary N) is 1. The number of hydrogen-bond donors (Lipinski definition) is 1. The average Bonchev–Trinajstić information content (AvgIpc) is 2.96. The van der Waals surface area contributed by atoms with Crippen molar-refractivity contribution in [1.29, 1.82) is 0 Å². The molecule has 4 nitrogen and oxygen atoms in total. The molecule has 0 saturated carbocycles. The van der Waals surface area contributed by atoms with Gasteiger partial charge in [0.25, 0.3) is 0 Å². The third kappa shape index (κ3) is 2.43. The van der Waals surface area contributed by atoms with Crippen LogP contribution in [0.15, 0.2) is 45.4 Å². The topological polar surface area (TPSA) is 57.0 Å². The van der Waals surface area contributed by atoms with E-state index >= 15 is 0 Å². The van der Waals surface area contributed by atoms with Gasteiger partial charge in [-0.15, -0.1) is 0 Å². The smallest absolute Gasteiger partial charge is 0.148 e. The van der Waals surface area contributed by atoms with E-state index in [2.05, 4.69) is 21.0 Å². The summed E-state index contributed by atoms with van der Waals surface area (Å²) in [4.78, 5) is 0. The highest BCUT2D eigenvalue weighted by Crippen LogP contribution is 2.29. The van der Waals surface area contributed by atoms with Crippen LogP contribution in [0, 0.1) is 0 Å². The van der Waals surface area contributed by atoms with Gasteiger partial charge in [-0.1, -0.05) is 12.1 Å². The van der Waals surface area contributed by atoms with E-state index in [-0.39, 0.29) is 6.04 Å². The van der Waals surface area contributed by atoms with Gasteiger partial charge < -0.3 is 10.2 Å². The quantitative estimate of drug-likeness (QED) is 0.806. The number of benzene rings is 1. The molecule has 2 aromatic heterocycles.